The van der Waals surface area contributed by atoms with Crippen LogP contribution in [0.5, 0.6) is 0 Å². The summed E-state index contributed by atoms with van der Waals surface area (Å²) in [5.74, 6) is 1.77. The molecule has 0 N–H and O–H groups in total. The number of fused-ring (bicyclic) bond motifs is 1. The lowest BCUT2D eigenvalue weighted by molar-refractivity contribution is 0.336. The fourth-order valence-electron chi connectivity index (χ4n) is 4.70. The third kappa shape index (κ3) is 2.84. The van der Waals surface area contributed by atoms with Gasteiger partial charge in [0, 0.05) is 25.6 Å². The standard InChI is InChI=1S/C17H27N3O2S/c21-23(22,17-13-18-16-8-4-11-19(16)17)20-12-3-7-15(20)10-9-14-5-1-2-6-14/h13-15H,1-12H2. The van der Waals surface area contributed by atoms with Gasteiger partial charge in [0.15, 0.2) is 5.03 Å². The average Bonchev–Trinajstić information content (AvgIpc) is 3.27. The van der Waals surface area contributed by atoms with Gasteiger partial charge >= 0.3 is 0 Å². The van der Waals surface area contributed by atoms with E-state index in [1.807, 2.05) is 4.57 Å². The van der Waals surface area contributed by atoms with Crippen LogP contribution < -0.4 is 0 Å². The Balaban J connectivity index is 1.50. The van der Waals surface area contributed by atoms with Gasteiger partial charge in [0.1, 0.15) is 5.82 Å². The summed E-state index contributed by atoms with van der Waals surface area (Å²) in [7, 11) is -3.38. The minimum absolute atomic E-state index is 0.202. The van der Waals surface area contributed by atoms with E-state index in [2.05, 4.69) is 4.98 Å². The maximum Gasteiger partial charge on any atom is 0.260 e. The summed E-state index contributed by atoms with van der Waals surface area (Å²) in [5, 5.41) is 0.428. The first-order valence-electron chi connectivity index (χ1n) is 9.22. The van der Waals surface area contributed by atoms with Crippen LogP contribution in [0.25, 0.3) is 0 Å². The zero-order valence-electron chi connectivity index (χ0n) is 13.8. The predicted molar refractivity (Wildman–Crippen MR) is 88.7 cm³/mol. The van der Waals surface area contributed by atoms with E-state index in [0.717, 1.165) is 50.4 Å². The molecule has 0 aromatic carbocycles. The molecule has 1 saturated heterocycles. The molecule has 3 heterocycles. The van der Waals surface area contributed by atoms with Crippen LogP contribution >= 0.6 is 0 Å². The monoisotopic (exact) mass is 337 g/mol. The van der Waals surface area contributed by atoms with Gasteiger partial charge in [0.05, 0.1) is 6.20 Å². The maximum atomic E-state index is 13.1. The molecule has 128 valence electrons. The topological polar surface area (TPSA) is 55.2 Å². The van der Waals surface area contributed by atoms with Gasteiger partial charge in [0.2, 0.25) is 0 Å². The van der Waals surface area contributed by atoms with Crippen LogP contribution in [0.15, 0.2) is 11.2 Å². The number of aromatic nitrogens is 2. The van der Waals surface area contributed by atoms with Crippen molar-refractivity contribution in [2.75, 3.05) is 6.54 Å². The third-order valence-corrected chi connectivity index (χ3v) is 7.92. The second-order valence-electron chi connectivity index (χ2n) is 7.41. The molecule has 2 aliphatic heterocycles. The summed E-state index contributed by atoms with van der Waals surface area (Å²) in [6.07, 6.45) is 13.1. The molecule has 3 aliphatic rings. The van der Waals surface area contributed by atoms with Crippen molar-refractivity contribution in [1.29, 1.82) is 0 Å². The Labute approximate surface area is 139 Å². The Bertz CT molecular complexity index is 661. The number of hydrogen-bond donors (Lipinski definition) is 0. The molecule has 0 amide bonds. The minimum atomic E-state index is -3.38. The molecular weight excluding hydrogens is 310 g/mol. The highest BCUT2D eigenvalue weighted by Gasteiger charge is 2.38. The van der Waals surface area contributed by atoms with Crippen LogP contribution in [-0.2, 0) is 23.0 Å². The lowest BCUT2D eigenvalue weighted by Gasteiger charge is -2.25. The average molecular weight is 337 g/mol. The molecule has 1 aliphatic carbocycles. The smallest absolute Gasteiger partial charge is 0.260 e. The van der Waals surface area contributed by atoms with Crippen molar-refractivity contribution < 1.29 is 8.42 Å². The van der Waals surface area contributed by atoms with Crippen molar-refractivity contribution in [3.05, 3.63) is 12.0 Å². The van der Waals surface area contributed by atoms with E-state index in [4.69, 9.17) is 0 Å². The highest BCUT2D eigenvalue weighted by Crippen LogP contribution is 2.34. The molecule has 1 unspecified atom stereocenters. The molecule has 4 rings (SSSR count). The normalized spacial score (nSPS) is 26.2. The van der Waals surface area contributed by atoms with E-state index in [1.54, 1.807) is 10.5 Å². The van der Waals surface area contributed by atoms with Gasteiger partial charge in [-0.2, -0.15) is 4.31 Å². The zero-order valence-corrected chi connectivity index (χ0v) is 14.6. The van der Waals surface area contributed by atoms with Crippen molar-refractivity contribution in [3.63, 3.8) is 0 Å². The summed E-state index contributed by atoms with van der Waals surface area (Å²) in [6.45, 7) is 1.47. The van der Waals surface area contributed by atoms with Crippen LogP contribution in [0, 0.1) is 5.92 Å². The molecule has 1 aromatic rings. The molecule has 2 fully saturated rings. The summed E-state index contributed by atoms with van der Waals surface area (Å²) in [6, 6.07) is 0.202. The molecule has 6 heteroatoms. The van der Waals surface area contributed by atoms with E-state index in [-0.39, 0.29) is 6.04 Å². The van der Waals surface area contributed by atoms with Crippen LogP contribution in [0.4, 0.5) is 0 Å². The predicted octanol–water partition coefficient (Wildman–Crippen LogP) is 2.95. The van der Waals surface area contributed by atoms with Crippen LogP contribution in [0.2, 0.25) is 0 Å². The lowest BCUT2D eigenvalue weighted by Crippen LogP contribution is -2.36. The van der Waals surface area contributed by atoms with Crippen LogP contribution in [0.1, 0.15) is 63.6 Å². The summed E-state index contributed by atoms with van der Waals surface area (Å²) in [4.78, 5) is 4.33. The van der Waals surface area contributed by atoms with E-state index < -0.39 is 10.0 Å². The number of aryl methyl sites for hydroxylation is 1. The number of nitrogens with zero attached hydrogens (tertiary/aromatic N) is 3. The second kappa shape index (κ2) is 6.20. The van der Waals surface area contributed by atoms with Crippen LogP contribution in [0.3, 0.4) is 0 Å². The van der Waals surface area contributed by atoms with Gasteiger partial charge in [-0.05, 0) is 38.0 Å². The Morgan fingerprint density at radius 2 is 1.87 bits per heavy atom. The van der Waals surface area contributed by atoms with Crippen molar-refractivity contribution in [1.82, 2.24) is 13.9 Å². The molecule has 0 bridgehead atoms. The molecular formula is C17H27N3O2S. The highest BCUT2D eigenvalue weighted by molar-refractivity contribution is 7.89. The van der Waals surface area contributed by atoms with Gasteiger partial charge in [0.25, 0.3) is 10.0 Å². The van der Waals surface area contributed by atoms with Crippen molar-refractivity contribution in [2.24, 2.45) is 5.92 Å². The second-order valence-corrected chi connectivity index (χ2v) is 9.24. The third-order valence-electron chi connectivity index (χ3n) is 5.96. The van der Waals surface area contributed by atoms with Crippen molar-refractivity contribution in [3.8, 4) is 0 Å². The first kappa shape index (κ1) is 15.6. The highest BCUT2D eigenvalue weighted by atomic mass is 32.2. The molecule has 1 atom stereocenters. The Morgan fingerprint density at radius 1 is 1.04 bits per heavy atom. The fourth-order valence-corrected chi connectivity index (χ4v) is 6.57. The van der Waals surface area contributed by atoms with E-state index in [9.17, 15) is 8.42 Å². The minimum Gasteiger partial charge on any atom is -0.318 e. The van der Waals surface area contributed by atoms with Crippen molar-refractivity contribution in [2.45, 2.75) is 81.8 Å². The molecule has 1 aromatic heterocycles. The van der Waals surface area contributed by atoms with Crippen LogP contribution in [-0.4, -0.2) is 34.9 Å². The van der Waals surface area contributed by atoms with Gasteiger partial charge < -0.3 is 4.57 Å². The first-order valence-corrected chi connectivity index (χ1v) is 10.7. The molecule has 0 radical (unpaired) electrons. The molecule has 23 heavy (non-hydrogen) atoms. The Hall–Kier alpha value is -0.880. The number of rotatable bonds is 5. The summed E-state index contributed by atoms with van der Waals surface area (Å²) < 4.78 is 30.0. The van der Waals surface area contributed by atoms with Crippen molar-refractivity contribution >= 4 is 10.0 Å². The van der Waals surface area contributed by atoms with E-state index in [0.29, 0.717) is 11.6 Å². The molecule has 5 nitrogen and oxygen atoms in total. The SMILES string of the molecule is O=S(=O)(c1cnc2n1CCC2)N1CCCC1CCC1CCCC1. The quantitative estimate of drug-likeness (QED) is 0.830. The zero-order chi connectivity index (χ0) is 15.9. The number of sulfonamides is 1. The van der Waals surface area contributed by atoms with E-state index >= 15 is 0 Å². The van der Waals surface area contributed by atoms with Gasteiger partial charge in [-0.15, -0.1) is 0 Å². The van der Waals surface area contributed by atoms with Gasteiger partial charge in [-0.1, -0.05) is 25.7 Å². The number of imidazole rings is 1. The lowest BCUT2D eigenvalue weighted by atomic mass is 9.98. The fraction of sp³-hybridized carbons (Fsp3) is 0.824. The molecule has 0 spiro atoms. The molecule has 1 saturated carbocycles. The largest absolute Gasteiger partial charge is 0.318 e. The number of hydrogen-bond acceptors (Lipinski definition) is 3. The summed E-state index contributed by atoms with van der Waals surface area (Å²) in [5.41, 5.74) is 0. The first-order chi connectivity index (χ1) is 11.2. The Morgan fingerprint density at radius 3 is 2.70 bits per heavy atom. The maximum absolute atomic E-state index is 13.1. The van der Waals surface area contributed by atoms with E-state index in [1.165, 1.54) is 32.1 Å². The Kier molecular flexibility index (Phi) is 4.22. The van der Waals surface area contributed by atoms with Gasteiger partial charge in [-0.3, -0.25) is 0 Å². The summed E-state index contributed by atoms with van der Waals surface area (Å²) >= 11 is 0. The van der Waals surface area contributed by atoms with Gasteiger partial charge in [-0.25, -0.2) is 13.4 Å².